The molecule has 0 aromatic rings. The molecule has 0 fully saturated rings. The van der Waals surface area contributed by atoms with Gasteiger partial charge in [-0.25, -0.2) is 4.79 Å². The zero-order valence-corrected chi connectivity index (χ0v) is 14.9. The summed E-state index contributed by atoms with van der Waals surface area (Å²) >= 11 is 0. The van der Waals surface area contributed by atoms with E-state index in [9.17, 15) is 24.0 Å². The standard InChI is InChI=1S/C15H26N4O7/c1-4-7(2)12(15(25)26)19-10(20)6-17-14(24)9(5-11(21)22)18-13(23)8(3)16/h7-9,12H,4-6,16H2,1-3H3,(H,17,24)(H,18,23)(H,19,20)(H,21,22)(H,25,26). The molecule has 0 aliphatic heterocycles. The zero-order chi connectivity index (χ0) is 20.4. The molecule has 0 spiro atoms. The van der Waals surface area contributed by atoms with E-state index in [1.54, 1.807) is 13.8 Å². The Hall–Kier alpha value is -2.69. The van der Waals surface area contributed by atoms with Gasteiger partial charge in [0.25, 0.3) is 0 Å². The summed E-state index contributed by atoms with van der Waals surface area (Å²) in [4.78, 5) is 57.4. The van der Waals surface area contributed by atoms with Crippen LogP contribution in [0.2, 0.25) is 0 Å². The summed E-state index contributed by atoms with van der Waals surface area (Å²) in [5.41, 5.74) is 5.35. The van der Waals surface area contributed by atoms with E-state index in [4.69, 9.17) is 15.9 Å². The molecule has 0 bridgehead atoms. The van der Waals surface area contributed by atoms with Crippen molar-refractivity contribution in [3.63, 3.8) is 0 Å². The number of amides is 3. The lowest BCUT2D eigenvalue weighted by Crippen LogP contribution is -2.54. The number of aliphatic carboxylic acids is 2. The SMILES string of the molecule is CCC(C)C(NC(=O)CNC(=O)C(CC(=O)O)NC(=O)C(C)N)C(=O)O. The highest BCUT2D eigenvalue weighted by Crippen LogP contribution is 2.07. The molecule has 4 unspecified atom stereocenters. The third-order valence-electron chi connectivity index (χ3n) is 3.64. The van der Waals surface area contributed by atoms with Crippen molar-refractivity contribution in [2.75, 3.05) is 6.54 Å². The van der Waals surface area contributed by atoms with Crippen molar-refractivity contribution in [3.05, 3.63) is 0 Å². The summed E-state index contributed by atoms with van der Waals surface area (Å²) in [6, 6.07) is -3.48. The van der Waals surface area contributed by atoms with E-state index in [1.165, 1.54) is 6.92 Å². The van der Waals surface area contributed by atoms with Gasteiger partial charge in [-0.1, -0.05) is 20.3 Å². The molecule has 26 heavy (non-hydrogen) atoms. The van der Waals surface area contributed by atoms with Crippen molar-refractivity contribution in [1.82, 2.24) is 16.0 Å². The first-order chi connectivity index (χ1) is 12.0. The molecule has 3 amide bonds. The van der Waals surface area contributed by atoms with Crippen LogP contribution in [-0.4, -0.2) is 64.5 Å². The highest BCUT2D eigenvalue weighted by Gasteiger charge is 2.27. The number of carboxylic acids is 2. The third kappa shape index (κ3) is 8.42. The molecule has 0 rings (SSSR count). The maximum Gasteiger partial charge on any atom is 0.326 e. The summed E-state index contributed by atoms with van der Waals surface area (Å²) in [6.45, 7) is 4.22. The van der Waals surface area contributed by atoms with E-state index < -0.39 is 60.8 Å². The van der Waals surface area contributed by atoms with Crippen LogP contribution in [0.5, 0.6) is 0 Å². The minimum Gasteiger partial charge on any atom is -0.481 e. The summed E-state index contributed by atoms with van der Waals surface area (Å²) in [6.07, 6.45) is -0.176. The van der Waals surface area contributed by atoms with Gasteiger partial charge in [0.05, 0.1) is 19.0 Å². The molecule has 0 aliphatic carbocycles. The lowest BCUT2D eigenvalue weighted by Gasteiger charge is -2.21. The smallest absolute Gasteiger partial charge is 0.326 e. The van der Waals surface area contributed by atoms with Crippen LogP contribution in [0.15, 0.2) is 0 Å². The predicted octanol–water partition coefficient (Wildman–Crippen LogP) is -1.98. The second-order valence-corrected chi connectivity index (χ2v) is 5.93. The number of nitrogens with one attached hydrogen (secondary N) is 3. The molecule has 11 nitrogen and oxygen atoms in total. The molecule has 7 N–H and O–H groups in total. The molecule has 0 aliphatic rings. The maximum atomic E-state index is 12.0. The van der Waals surface area contributed by atoms with Crippen LogP contribution < -0.4 is 21.7 Å². The van der Waals surface area contributed by atoms with Crippen molar-refractivity contribution < 1.29 is 34.2 Å². The molecule has 0 saturated carbocycles. The minimum atomic E-state index is -1.41. The Labute approximate surface area is 150 Å². The molecule has 0 saturated heterocycles. The number of hydrogen-bond donors (Lipinski definition) is 6. The van der Waals surface area contributed by atoms with Crippen LogP contribution in [0.25, 0.3) is 0 Å². The Bertz CT molecular complexity index is 550. The van der Waals surface area contributed by atoms with Gasteiger partial charge in [0.1, 0.15) is 12.1 Å². The molecule has 0 heterocycles. The van der Waals surface area contributed by atoms with Crippen molar-refractivity contribution in [1.29, 1.82) is 0 Å². The molecule has 4 atom stereocenters. The number of hydrogen-bond acceptors (Lipinski definition) is 6. The van der Waals surface area contributed by atoms with Crippen molar-refractivity contribution in [2.24, 2.45) is 11.7 Å². The van der Waals surface area contributed by atoms with E-state index in [0.717, 1.165) is 0 Å². The first kappa shape index (κ1) is 23.3. The number of carboxylic acid groups (broad SMARTS) is 2. The number of carbonyl (C=O) groups is 5. The maximum absolute atomic E-state index is 12.0. The van der Waals surface area contributed by atoms with Gasteiger partial charge in [-0.3, -0.25) is 19.2 Å². The minimum absolute atomic E-state index is 0.322. The second-order valence-electron chi connectivity index (χ2n) is 5.93. The fourth-order valence-corrected chi connectivity index (χ4v) is 1.89. The van der Waals surface area contributed by atoms with E-state index in [0.29, 0.717) is 6.42 Å². The van der Waals surface area contributed by atoms with Crippen LogP contribution in [0.4, 0.5) is 0 Å². The van der Waals surface area contributed by atoms with Gasteiger partial charge in [0.15, 0.2) is 0 Å². The zero-order valence-electron chi connectivity index (χ0n) is 14.9. The molecular formula is C15H26N4O7. The summed E-state index contributed by atoms with van der Waals surface area (Å²) < 4.78 is 0. The first-order valence-corrected chi connectivity index (χ1v) is 8.07. The van der Waals surface area contributed by atoms with E-state index >= 15 is 0 Å². The Morgan fingerprint density at radius 2 is 1.58 bits per heavy atom. The number of rotatable bonds is 11. The first-order valence-electron chi connectivity index (χ1n) is 8.07. The second kappa shape index (κ2) is 11.0. The van der Waals surface area contributed by atoms with E-state index in [1.807, 2.05) is 0 Å². The van der Waals surface area contributed by atoms with E-state index in [2.05, 4.69) is 16.0 Å². The predicted molar refractivity (Wildman–Crippen MR) is 89.9 cm³/mol. The molecule has 0 aromatic carbocycles. The van der Waals surface area contributed by atoms with Gasteiger partial charge in [0.2, 0.25) is 17.7 Å². The van der Waals surface area contributed by atoms with Crippen LogP contribution in [0.3, 0.4) is 0 Å². The van der Waals surface area contributed by atoms with Gasteiger partial charge in [0, 0.05) is 0 Å². The normalized spacial score (nSPS) is 15.1. The molecule has 0 radical (unpaired) electrons. The van der Waals surface area contributed by atoms with Crippen LogP contribution >= 0.6 is 0 Å². The number of carbonyl (C=O) groups excluding carboxylic acids is 3. The van der Waals surface area contributed by atoms with Crippen molar-refractivity contribution in [3.8, 4) is 0 Å². The summed E-state index contributed by atoms with van der Waals surface area (Å²) in [5.74, 6) is -5.23. The van der Waals surface area contributed by atoms with Crippen molar-refractivity contribution in [2.45, 2.75) is 51.7 Å². The monoisotopic (exact) mass is 374 g/mol. The Kier molecular flexibility index (Phi) is 9.89. The largest absolute Gasteiger partial charge is 0.481 e. The van der Waals surface area contributed by atoms with Gasteiger partial charge in [-0.15, -0.1) is 0 Å². The van der Waals surface area contributed by atoms with Crippen molar-refractivity contribution >= 4 is 29.7 Å². The quantitative estimate of drug-likeness (QED) is 0.240. The molecule has 148 valence electrons. The third-order valence-corrected chi connectivity index (χ3v) is 3.64. The highest BCUT2D eigenvalue weighted by atomic mass is 16.4. The molecule has 11 heteroatoms. The lowest BCUT2D eigenvalue weighted by molar-refractivity contribution is -0.143. The van der Waals surface area contributed by atoms with Gasteiger partial charge >= 0.3 is 11.9 Å². The lowest BCUT2D eigenvalue weighted by atomic mass is 9.99. The van der Waals surface area contributed by atoms with E-state index in [-0.39, 0.29) is 5.92 Å². The fourth-order valence-electron chi connectivity index (χ4n) is 1.89. The highest BCUT2D eigenvalue weighted by molar-refractivity contribution is 5.94. The van der Waals surface area contributed by atoms with Crippen LogP contribution in [-0.2, 0) is 24.0 Å². The van der Waals surface area contributed by atoms with Crippen LogP contribution in [0, 0.1) is 5.92 Å². The van der Waals surface area contributed by atoms with Gasteiger partial charge in [-0.05, 0) is 12.8 Å². The molecular weight excluding hydrogens is 348 g/mol. The fraction of sp³-hybridized carbons (Fsp3) is 0.667. The Morgan fingerprint density at radius 3 is 2.00 bits per heavy atom. The Balaban J connectivity index is 4.78. The van der Waals surface area contributed by atoms with Crippen LogP contribution in [0.1, 0.15) is 33.6 Å². The average molecular weight is 374 g/mol. The molecule has 0 aromatic heterocycles. The Morgan fingerprint density at radius 1 is 1.00 bits per heavy atom. The number of nitrogens with two attached hydrogens (primary N) is 1. The topological polar surface area (TPSA) is 188 Å². The summed E-state index contributed by atoms with van der Waals surface area (Å²) in [7, 11) is 0. The van der Waals surface area contributed by atoms with Gasteiger partial charge in [-0.2, -0.15) is 0 Å². The van der Waals surface area contributed by atoms with Gasteiger partial charge < -0.3 is 31.9 Å². The summed E-state index contributed by atoms with van der Waals surface area (Å²) in [5, 5.41) is 24.6. The average Bonchev–Trinajstić information content (AvgIpc) is 2.55.